The molecular weight excluding hydrogens is 392 g/mol. The van der Waals surface area contributed by atoms with Gasteiger partial charge in [0.15, 0.2) is 0 Å². The monoisotopic (exact) mass is 406 g/mol. The van der Waals surface area contributed by atoms with Crippen molar-refractivity contribution in [2.45, 2.75) is 4.90 Å². The SMILES string of the molecule is O=C1C(Nc2ccccc2)=C(Sc2ccc(Cl)cc2)C(=O)N1c1ccccc1. The summed E-state index contributed by atoms with van der Waals surface area (Å²) in [6.07, 6.45) is 0. The number of imide groups is 1. The summed E-state index contributed by atoms with van der Waals surface area (Å²) in [4.78, 5) is 28.6. The van der Waals surface area contributed by atoms with Gasteiger partial charge in [-0.05, 0) is 48.5 Å². The van der Waals surface area contributed by atoms with Gasteiger partial charge in [0.1, 0.15) is 10.6 Å². The number of carbonyl (C=O) groups excluding carboxylic acids is 2. The van der Waals surface area contributed by atoms with Crippen molar-refractivity contribution in [3.8, 4) is 0 Å². The van der Waals surface area contributed by atoms with Gasteiger partial charge in [-0.25, -0.2) is 4.90 Å². The summed E-state index contributed by atoms with van der Waals surface area (Å²) in [6.45, 7) is 0. The number of benzene rings is 3. The average Bonchev–Trinajstić information content (AvgIpc) is 2.95. The number of carbonyl (C=O) groups is 2. The summed E-state index contributed by atoms with van der Waals surface area (Å²) < 4.78 is 0. The minimum atomic E-state index is -0.378. The van der Waals surface area contributed by atoms with Crippen molar-refractivity contribution < 1.29 is 9.59 Å². The maximum atomic E-state index is 13.1. The zero-order valence-electron chi connectivity index (χ0n) is 14.6. The fraction of sp³-hybridized carbons (Fsp3) is 0. The molecule has 3 aromatic rings. The molecule has 1 N–H and O–H groups in total. The van der Waals surface area contributed by atoms with Crippen molar-refractivity contribution in [2.24, 2.45) is 0 Å². The molecule has 0 spiro atoms. The molecule has 3 aromatic carbocycles. The fourth-order valence-electron chi connectivity index (χ4n) is 2.81. The van der Waals surface area contributed by atoms with Crippen LogP contribution in [0.4, 0.5) is 11.4 Å². The van der Waals surface area contributed by atoms with Crippen molar-refractivity contribution in [2.75, 3.05) is 10.2 Å². The molecule has 2 amide bonds. The first-order valence-corrected chi connectivity index (χ1v) is 9.76. The number of amides is 2. The number of para-hydroxylation sites is 2. The predicted molar refractivity (Wildman–Crippen MR) is 113 cm³/mol. The maximum absolute atomic E-state index is 13.1. The Hall–Kier alpha value is -3.02. The van der Waals surface area contributed by atoms with E-state index in [1.165, 1.54) is 16.7 Å². The number of anilines is 2. The zero-order chi connectivity index (χ0) is 19.5. The minimum absolute atomic E-state index is 0.264. The number of rotatable bonds is 5. The van der Waals surface area contributed by atoms with E-state index in [9.17, 15) is 9.59 Å². The summed E-state index contributed by atoms with van der Waals surface area (Å²) in [5.41, 5.74) is 1.54. The molecule has 0 saturated carbocycles. The van der Waals surface area contributed by atoms with Crippen LogP contribution in [-0.2, 0) is 9.59 Å². The Kier molecular flexibility index (Phi) is 5.19. The Balaban J connectivity index is 1.73. The van der Waals surface area contributed by atoms with E-state index in [1.54, 1.807) is 36.4 Å². The van der Waals surface area contributed by atoms with Crippen LogP contribution in [0.1, 0.15) is 0 Å². The maximum Gasteiger partial charge on any atom is 0.283 e. The summed E-state index contributed by atoms with van der Waals surface area (Å²) >= 11 is 7.20. The van der Waals surface area contributed by atoms with Crippen LogP contribution in [0.3, 0.4) is 0 Å². The van der Waals surface area contributed by atoms with Crippen LogP contribution in [0, 0.1) is 0 Å². The van der Waals surface area contributed by atoms with Gasteiger partial charge in [-0.2, -0.15) is 0 Å². The molecular formula is C22H15ClN2O2S. The lowest BCUT2D eigenvalue weighted by molar-refractivity contribution is -0.120. The average molecular weight is 407 g/mol. The molecule has 0 radical (unpaired) electrons. The van der Waals surface area contributed by atoms with E-state index in [2.05, 4.69) is 5.32 Å². The van der Waals surface area contributed by atoms with Gasteiger partial charge >= 0.3 is 0 Å². The highest BCUT2D eigenvalue weighted by Gasteiger charge is 2.40. The van der Waals surface area contributed by atoms with E-state index in [0.717, 1.165) is 10.6 Å². The van der Waals surface area contributed by atoms with E-state index < -0.39 is 0 Å². The van der Waals surface area contributed by atoms with E-state index in [0.29, 0.717) is 15.6 Å². The highest BCUT2D eigenvalue weighted by atomic mass is 35.5. The first kappa shape index (κ1) is 18.3. The van der Waals surface area contributed by atoms with Crippen molar-refractivity contribution in [3.05, 3.63) is 101 Å². The summed E-state index contributed by atoms with van der Waals surface area (Å²) in [6, 6.07) is 25.4. The molecule has 138 valence electrons. The third-order valence-corrected chi connectivity index (χ3v) is 5.48. The number of nitrogens with one attached hydrogen (secondary N) is 1. The van der Waals surface area contributed by atoms with Gasteiger partial charge in [0.25, 0.3) is 11.8 Å². The predicted octanol–water partition coefficient (Wildman–Crippen LogP) is 5.33. The zero-order valence-corrected chi connectivity index (χ0v) is 16.2. The van der Waals surface area contributed by atoms with E-state index in [4.69, 9.17) is 11.6 Å². The Labute approximate surface area is 171 Å². The van der Waals surface area contributed by atoms with Crippen molar-refractivity contribution in [1.29, 1.82) is 0 Å². The van der Waals surface area contributed by atoms with Crippen LogP contribution < -0.4 is 10.2 Å². The third-order valence-electron chi connectivity index (χ3n) is 4.13. The number of hydrogen-bond acceptors (Lipinski definition) is 4. The van der Waals surface area contributed by atoms with Gasteiger partial charge in [-0.3, -0.25) is 9.59 Å². The highest BCUT2D eigenvalue weighted by molar-refractivity contribution is 8.04. The van der Waals surface area contributed by atoms with Gasteiger partial charge in [0.05, 0.1) is 5.69 Å². The molecule has 1 aliphatic heterocycles. The Morgan fingerprint density at radius 1 is 0.750 bits per heavy atom. The van der Waals surface area contributed by atoms with Gasteiger partial charge in [0, 0.05) is 15.6 Å². The smallest absolute Gasteiger partial charge is 0.283 e. The second kappa shape index (κ2) is 7.92. The second-order valence-electron chi connectivity index (χ2n) is 6.03. The molecule has 0 atom stereocenters. The molecule has 1 aliphatic rings. The van der Waals surface area contributed by atoms with Gasteiger partial charge in [-0.15, -0.1) is 0 Å². The van der Waals surface area contributed by atoms with Crippen LogP contribution in [0.5, 0.6) is 0 Å². The summed E-state index contributed by atoms with van der Waals surface area (Å²) in [5, 5.41) is 3.73. The van der Waals surface area contributed by atoms with Crippen LogP contribution in [0.15, 0.2) is 100 Å². The highest BCUT2D eigenvalue weighted by Crippen LogP contribution is 2.38. The van der Waals surface area contributed by atoms with Crippen LogP contribution >= 0.6 is 23.4 Å². The number of halogens is 1. The molecule has 0 aliphatic carbocycles. The summed E-state index contributed by atoms with van der Waals surface area (Å²) in [7, 11) is 0. The van der Waals surface area contributed by atoms with E-state index >= 15 is 0 Å². The Bertz CT molecular complexity index is 1050. The van der Waals surface area contributed by atoms with Crippen LogP contribution in [0.25, 0.3) is 0 Å². The van der Waals surface area contributed by atoms with Crippen molar-refractivity contribution in [3.63, 3.8) is 0 Å². The molecule has 0 aromatic heterocycles. The molecule has 0 unspecified atom stereocenters. The van der Waals surface area contributed by atoms with Crippen LogP contribution in [0.2, 0.25) is 5.02 Å². The molecule has 0 saturated heterocycles. The first-order chi connectivity index (χ1) is 13.6. The lowest BCUT2D eigenvalue weighted by Crippen LogP contribution is -2.32. The molecule has 28 heavy (non-hydrogen) atoms. The third kappa shape index (κ3) is 3.67. The quantitative estimate of drug-likeness (QED) is 0.582. The van der Waals surface area contributed by atoms with Gasteiger partial charge in [-0.1, -0.05) is 59.8 Å². The summed E-state index contributed by atoms with van der Waals surface area (Å²) in [5.74, 6) is -0.730. The molecule has 4 rings (SSSR count). The second-order valence-corrected chi connectivity index (χ2v) is 7.55. The molecule has 6 heteroatoms. The lowest BCUT2D eigenvalue weighted by atomic mass is 10.3. The molecule has 0 fully saturated rings. The Morgan fingerprint density at radius 3 is 2.00 bits per heavy atom. The number of thioether (sulfide) groups is 1. The largest absolute Gasteiger partial charge is 0.350 e. The standard InChI is InChI=1S/C22H15ClN2O2S/c23-15-11-13-18(14-12-15)28-20-19(24-16-7-3-1-4-8-16)21(26)25(22(20)27)17-9-5-2-6-10-17/h1-14,24H. The number of hydrogen-bond donors (Lipinski definition) is 1. The molecule has 4 nitrogen and oxygen atoms in total. The van der Waals surface area contributed by atoms with Crippen LogP contribution in [-0.4, -0.2) is 11.8 Å². The molecule has 1 heterocycles. The Morgan fingerprint density at radius 2 is 1.36 bits per heavy atom. The first-order valence-electron chi connectivity index (χ1n) is 8.57. The van der Waals surface area contributed by atoms with Crippen molar-refractivity contribution >= 4 is 46.6 Å². The minimum Gasteiger partial charge on any atom is -0.350 e. The molecule has 0 bridgehead atoms. The van der Waals surface area contributed by atoms with E-state index in [1.807, 2.05) is 48.5 Å². The number of nitrogens with zero attached hydrogens (tertiary/aromatic N) is 1. The van der Waals surface area contributed by atoms with Gasteiger partial charge < -0.3 is 5.32 Å². The lowest BCUT2D eigenvalue weighted by Gasteiger charge is -2.15. The fourth-order valence-corrected chi connectivity index (χ4v) is 3.87. The van der Waals surface area contributed by atoms with E-state index in [-0.39, 0.29) is 17.5 Å². The topological polar surface area (TPSA) is 49.4 Å². The normalized spacial score (nSPS) is 14.0. The van der Waals surface area contributed by atoms with Gasteiger partial charge in [0.2, 0.25) is 0 Å². The van der Waals surface area contributed by atoms with Crippen molar-refractivity contribution in [1.82, 2.24) is 0 Å².